The molecule has 0 fully saturated rings. The minimum absolute atomic E-state index is 0.0618. The molecule has 100 valence electrons. The summed E-state index contributed by atoms with van der Waals surface area (Å²) in [5.41, 5.74) is 0. The quantitative estimate of drug-likeness (QED) is 0.265. The van der Waals surface area contributed by atoms with Crippen LogP contribution in [0.15, 0.2) is 31.4 Å². The monoisotopic (exact) mass is 266 g/mol. The van der Waals surface area contributed by atoms with E-state index in [2.05, 4.69) is 13.2 Å². The van der Waals surface area contributed by atoms with E-state index in [1.807, 2.05) is 0 Å². The summed E-state index contributed by atoms with van der Waals surface area (Å²) in [7, 11) is 0. The van der Waals surface area contributed by atoms with Gasteiger partial charge in [-0.3, -0.25) is 0 Å². The number of benzene rings is 1. The van der Waals surface area contributed by atoms with E-state index in [4.69, 9.17) is 4.74 Å². The summed E-state index contributed by atoms with van der Waals surface area (Å²) in [6, 6.07) is -0.0618. The number of hydrogen-bond acceptors (Lipinski definition) is 1. The van der Waals surface area contributed by atoms with Gasteiger partial charge < -0.3 is 4.74 Å². The zero-order valence-electron chi connectivity index (χ0n) is 9.36. The number of hydrogen-bond donors (Lipinski definition) is 0. The third-order valence-electron chi connectivity index (χ3n) is 1.53. The van der Waals surface area contributed by atoms with Crippen molar-refractivity contribution in [2.24, 2.45) is 0 Å². The van der Waals surface area contributed by atoms with E-state index in [0.717, 1.165) is 0 Å². The van der Waals surface area contributed by atoms with Crippen molar-refractivity contribution in [3.63, 3.8) is 0 Å². The van der Waals surface area contributed by atoms with Crippen molar-refractivity contribution >= 4 is 0 Å². The van der Waals surface area contributed by atoms with Gasteiger partial charge in [-0.15, -0.1) is 13.2 Å². The van der Waals surface area contributed by atoms with Crippen LogP contribution in [0, 0.1) is 29.1 Å². The lowest BCUT2D eigenvalue weighted by atomic mass is 10.3. The molecule has 1 rings (SSSR count). The molecule has 18 heavy (non-hydrogen) atoms. The molecule has 0 aromatic heterocycles. The van der Waals surface area contributed by atoms with Crippen LogP contribution in [0.1, 0.15) is 0 Å². The lowest BCUT2D eigenvalue weighted by Gasteiger charge is -1.96. The average molecular weight is 266 g/mol. The van der Waals surface area contributed by atoms with Gasteiger partial charge in [0.25, 0.3) is 0 Å². The first kappa shape index (κ1) is 16.3. The van der Waals surface area contributed by atoms with Crippen LogP contribution in [0.5, 0.6) is 0 Å². The van der Waals surface area contributed by atoms with Crippen molar-refractivity contribution in [2.75, 3.05) is 13.2 Å². The molecule has 0 saturated carbocycles. The van der Waals surface area contributed by atoms with Crippen molar-refractivity contribution in [3.8, 4) is 0 Å². The molecule has 0 unspecified atom stereocenters. The second-order valence-electron chi connectivity index (χ2n) is 2.90. The van der Waals surface area contributed by atoms with Gasteiger partial charge in [0, 0.05) is 6.07 Å². The molecule has 0 aliphatic rings. The van der Waals surface area contributed by atoms with Crippen LogP contribution in [0.4, 0.5) is 22.0 Å². The fourth-order valence-electron chi connectivity index (χ4n) is 0.779. The second kappa shape index (κ2) is 8.41. The van der Waals surface area contributed by atoms with E-state index in [1.54, 1.807) is 12.2 Å². The molecule has 1 aromatic carbocycles. The molecule has 6 heteroatoms. The topological polar surface area (TPSA) is 9.23 Å². The van der Waals surface area contributed by atoms with Crippen molar-refractivity contribution in [1.29, 1.82) is 0 Å². The molecular formula is C12H11F5O. The van der Waals surface area contributed by atoms with E-state index in [-0.39, 0.29) is 6.07 Å². The van der Waals surface area contributed by atoms with Gasteiger partial charge in [0.1, 0.15) is 0 Å². The van der Waals surface area contributed by atoms with Crippen LogP contribution in [0.2, 0.25) is 0 Å². The molecule has 0 amide bonds. The minimum atomic E-state index is -2.14. The average Bonchev–Trinajstić information content (AvgIpc) is 2.35. The van der Waals surface area contributed by atoms with Gasteiger partial charge in [-0.25, -0.2) is 22.0 Å². The zero-order valence-corrected chi connectivity index (χ0v) is 9.36. The molecule has 0 N–H and O–H groups in total. The van der Waals surface area contributed by atoms with Crippen LogP contribution in [0.25, 0.3) is 0 Å². The van der Waals surface area contributed by atoms with Crippen LogP contribution in [-0.4, -0.2) is 13.2 Å². The fourth-order valence-corrected chi connectivity index (χ4v) is 0.779. The van der Waals surface area contributed by atoms with Crippen LogP contribution >= 0.6 is 0 Å². The number of halogens is 5. The predicted octanol–water partition coefficient (Wildman–Crippen LogP) is 3.76. The summed E-state index contributed by atoms with van der Waals surface area (Å²) in [6.07, 6.45) is 3.42. The smallest absolute Gasteiger partial charge is 0.200 e. The van der Waals surface area contributed by atoms with E-state index >= 15 is 0 Å². The van der Waals surface area contributed by atoms with Crippen molar-refractivity contribution in [2.45, 2.75) is 0 Å². The van der Waals surface area contributed by atoms with Crippen molar-refractivity contribution in [1.82, 2.24) is 0 Å². The molecule has 0 atom stereocenters. The van der Waals surface area contributed by atoms with Crippen LogP contribution in [-0.2, 0) is 4.74 Å². The summed E-state index contributed by atoms with van der Waals surface area (Å²) < 4.78 is 64.9. The zero-order chi connectivity index (χ0) is 14.1. The molecule has 0 saturated heterocycles. The largest absolute Gasteiger partial charge is 0.373 e. The lowest BCUT2D eigenvalue weighted by molar-refractivity contribution is 0.194. The maximum atomic E-state index is 12.0. The van der Waals surface area contributed by atoms with E-state index in [9.17, 15) is 22.0 Å². The summed E-state index contributed by atoms with van der Waals surface area (Å²) in [4.78, 5) is 0. The van der Waals surface area contributed by atoms with Crippen LogP contribution in [0.3, 0.4) is 0 Å². The second-order valence-corrected chi connectivity index (χ2v) is 2.90. The number of ether oxygens (including phenoxy) is 1. The highest BCUT2D eigenvalue weighted by molar-refractivity contribution is 5.12. The first-order chi connectivity index (χ1) is 8.45. The van der Waals surface area contributed by atoms with Crippen molar-refractivity contribution in [3.05, 3.63) is 60.5 Å². The van der Waals surface area contributed by atoms with Gasteiger partial charge in [0.05, 0.1) is 13.2 Å². The minimum Gasteiger partial charge on any atom is -0.373 e. The van der Waals surface area contributed by atoms with Gasteiger partial charge in [0.2, 0.25) is 5.82 Å². The van der Waals surface area contributed by atoms with Gasteiger partial charge >= 0.3 is 0 Å². The Morgan fingerprint density at radius 2 is 1.22 bits per heavy atom. The molecular weight excluding hydrogens is 255 g/mol. The Hall–Kier alpha value is -1.69. The lowest BCUT2D eigenvalue weighted by Crippen LogP contribution is -1.98. The molecule has 0 spiro atoms. The van der Waals surface area contributed by atoms with E-state index < -0.39 is 29.1 Å². The Kier molecular flexibility index (Phi) is 7.62. The highest BCUT2D eigenvalue weighted by Crippen LogP contribution is 2.16. The Bertz CT molecular complexity index is 383. The van der Waals surface area contributed by atoms with E-state index in [0.29, 0.717) is 13.2 Å². The van der Waals surface area contributed by atoms with Crippen LogP contribution < -0.4 is 0 Å². The summed E-state index contributed by atoms with van der Waals surface area (Å²) in [5.74, 6) is -9.65. The molecule has 0 bridgehead atoms. The Morgan fingerprint density at radius 3 is 1.56 bits per heavy atom. The Labute approximate surface area is 101 Å². The maximum Gasteiger partial charge on any atom is 0.200 e. The molecule has 1 nitrogen and oxygen atoms in total. The predicted molar refractivity (Wildman–Crippen MR) is 57.4 cm³/mol. The van der Waals surface area contributed by atoms with E-state index in [1.165, 1.54) is 0 Å². The Morgan fingerprint density at radius 1 is 0.833 bits per heavy atom. The van der Waals surface area contributed by atoms with Gasteiger partial charge in [-0.2, -0.15) is 0 Å². The summed E-state index contributed by atoms with van der Waals surface area (Å²) in [6.45, 7) is 8.18. The Balaban J connectivity index is 0.000000360. The normalized spacial score (nSPS) is 9.39. The first-order valence-corrected chi connectivity index (χ1v) is 4.73. The number of rotatable bonds is 4. The standard InChI is InChI=1S/C6HF5.C6H10O/c7-2-1-3(8)5(10)6(11)4(2)9;1-3-5-7-6-4-2/h1H;3-4H,1-2,5-6H2. The SMILES string of the molecule is C=CCOCC=C.Fc1cc(F)c(F)c(F)c1F. The molecule has 1 aromatic rings. The first-order valence-electron chi connectivity index (χ1n) is 4.73. The highest BCUT2D eigenvalue weighted by Gasteiger charge is 2.18. The molecule has 0 radical (unpaired) electrons. The maximum absolute atomic E-state index is 12.0. The highest BCUT2D eigenvalue weighted by atomic mass is 19.2. The molecule has 0 aliphatic carbocycles. The van der Waals surface area contributed by atoms with Gasteiger partial charge in [-0.1, -0.05) is 12.2 Å². The van der Waals surface area contributed by atoms with Crippen molar-refractivity contribution < 1.29 is 26.7 Å². The molecule has 0 aliphatic heterocycles. The molecule has 0 heterocycles. The van der Waals surface area contributed by atoms with Gasteiger partial charge in [-0.05, 0) is 0 Å². The summed E-state index contributed by atoms with van der Waals surface area (Å²) >= 11 is 0. The van der Waals surface area contributed by atoms with Gasteiger partial charge in [0.15, 0.2) is 23.3 Å². The summed E-state index contributed by atoms with van der Waals surface area (Å²) in [5, 5.41) is 0. The fraction of sp³-hybridized carbons (Fsp3) is 0.167. The third-order valence-corrected chi connectivity index (χ3v) is 1.53. The third kappa shape index (κ3) is 5.09.